The maximum Gasteiger partial charge on any atom is 0.353 e. The van der Waals surface area contributed by atoms with E-state index in [1.165, 1.54) is 16.7 Å². The normalized spacial score (nSPS) is 11.0. The van der Waals surface area contributed by atoms with Gasteiger partial charge in [0.05, 0.1) is 12.8 Å². The summed E-state index contributed by atoms with van der Waals surface area (Å²) in [6.07, 6.45) is 5.16. The number of thiazole rings is 1. The average molecular weight is 388 g/mol. The van der Waals surface area contributed by atoms with Crippen LogP contribution in [0.25, 0.3) is 5.57 Å². The molecule has 0 saturated carbocycles. The molecule has 0 aromatic carbocycles. The van der Waals surface area contributed by atoms with Gasteiger partial charge in [-0.1, -0.05) is 31.9 Å². The van der Waals surface area contributed by atoms with Crippen molar-refractivity contribution in [2.45, 2.75) is 6.92 Å². The Morgan fingerprint density at radius 3 is 2.41 bits per heavy atom. The van der Waals surface area contributed by atoms with Crippen molar-refractivity contribution in [2.75, 3.05) is 7.11 Å². The zero-order chi connectivity index (χ0) is 20.6. The van der Waals surface area contributed by atoms with Crippen molar-refractivity contribution in [2.24, 2.45) is 5.73 Å². The zero-order valence-electron chi connectivity index (χ0n) is 15.0. The first-order chi connectivity index (χ1) is 12.7. The van der Waals surface area contributed by atoms with E-state index in [9.17, 15) is 14.4 Å². The number of nitrogens with zero attached hydrogens (tertiary/aromatic N) is 1. The van der Waals surface area contributed by atoms with Crippen LogP contribution in [-0.4, -0.2) is 29.9 Å². The van der Waals surface area contributed by atoms with E-state index in [-0.39, 0.29) is 17.1 Å². The van der Waals surface area contributed by atoms with Crippen LogP contribution < -0.4 is 16.4 Å². The molecule has 1 heterocycles. The fourth-order valence-electron chi connectivity index (χ4n) is 1.64. The number of nitrogens with two attached hydrogens (primary N) is 1. The molecule has 8 nitrogen and oxygen atoms in total. The van der Waals surface area contributed by atoms with Gasteiger partial charge in [-0.3, -0.25) is 9.59 Å². The standard InChI is InChI=1S/C18H20N4O4S/c1-6-13(8-7-10(2)19)17-22-14(9-27-17)16(24)20-11(3)15(23)21-12(4)18(25)26-5/h6-9H,2-4,19H2,1,5H3,(H,20,24)(H,21,23)/b8-7-,13-6+. The number of rotatable bonds is 8. The highest BCUT2D eigenvalue weighted by molar-refractivity contribution is 7.11. The highest BCUT2D eigenvalue weighted by atomic mass is 32.1. The minimum absolute atomic E-state index is 0.107. The Balaban J connectivity index is 2.78. The number of nitrogens with one attached hydrogen (secondary N) is 2. The van der Waals surface area contributed by atoms with Gasteiger partial charge in [-0.2, -0.15) is 0 Å². The Labute approximate surface area is 160 Å². The van der Waals surface area contributed by atoms with E-state index in [1.54, 1.807) is 12.2 Å². The van der Waals surface area contributed by atoms with Crippen molar-refractivity contribution in [1.29, 1.82) is 0 Å². The number of hydrogen-bond donors (Lipinski definition) is 3. The molecule has 1 aromatic rings. The molecule has 4 N–H and O–H groups in total. The molecule has 0 radical (unpaired) electrons. The van der Waals surface area contributed by atoms with Crippen molar-refractivity contribution in [1.82, 2.24) is 15.6 Å². The topological polar surface area (TPSA) is 123 Å². The number of amides is 2. The maximum absolute atomic E-state index is 12.2. The minimum Gasteiger partial charge on any atom is -0.464 e. The van der Waals surface area contributed by atoms with Crippen LogP contribution in [0.4, 0.5) is 0 Å². The van der Waals surface area contributed by atoms with Crippen molar-refractivity contribution >= 4 is 34.7 Å². The summed E-state index contributed by atoms with van der Waals surface area (Å²) in [5.74, 6) is -2.23. The predicted molar refractivity (Wildman–Crippen MR) is 104 cm³/mol. The van der Waals surface area contributed by atoms with Crippen molar-refractivity contribution in [3.8, 4) is 0 Å². The molecule has 1 aromatic heterocycles. The van der Waals surface area contributed by atoms with Crippen LogP contribution in [0.15, 0.2) is 60.4 Å². The SMILES string of the molecule is C=C(N)/C=C\C(=C/C)c1nc(C(=O)NC(=C)C(=O)NC(=C)C(=O)OC)cs1. The Hall–Kier alpha value is -3.46. The quantitative estimate of drug-likeness (QED) is 0.353. The Morgan fingerprint density at radius 1 is 1.19 bits per heavy atom. The number of methoxy groups -OCH3 is 1. The van der Waals surface area contributed by atoms with Crippen LogP contribution in [0.3, 0.4) is 0 Å². The monoisotopic (exact) mass is 388 g/mol. The van der Waals surface area contributed by atoms with Gasteiger partial charge in [0.1, 0.15) is 16.4 Å². The second kappa shape index (κ2) is 9.88. The third kappa shape index (κ3) is 6.40. The molecule has 0 fully saturated rings. The molecular weight excluding hydrogens is 368 g/mol. The van der Waals surface area contributed by atoms with Gasteiger partial charge in [-0.25, -0.2) is 9.78 Å². The molecule has 0 aliphatic carbocycles. The lowest BCUT2D eigenvalue weighted by atomic mass is 10.2. The van der Waals surface area contributed by atoms with Gasteiger partial charge in [-0.15, -0.1) is 11.3 Å². The summed E-state index contributed by atoms with van der Waals surface area (Å²) >= 11 is 1.25. The summed E-state index contributed by atoms with van der Waals surface area (Å²) in [4.78, 5) is 39.6. The maximum atomic E-state index is 12.2. The number of allylic oxidation sites excluding steroid dienone is 4. The second-order valence-electron chi connectivity index (χ2n) is 5.05. The lowest BCUT2D eigenvalue weighted by Crippen LogP contribution is -2.35. The van der Waals surface area contributed by atoms with E-state index in [1.807, 2.05) is 13.0 Å². The van der Waals surface area contributed by atoms with Crippen molar-refractivity contribution < 1.29 is 19.1 Å². The lowest BCUT2D eigenvalue weighted by Gasteiger charge is -2.09. The van der Waals surface area contributed by atoms with E-state index in [4.69, 9.17) is 5.73 Å². The Morgan fingerprint density at radius 2 is 1.85 bits per heavy atom. The number of hydrogen-bond acceptors (Lipinski definition) is 7. The van der Waals surface area contributed by atoms with Crippen molar-refractivity contribution in [3.05, 3.63) is 71.1 Å². The molecule has 0 aliphatic rings. The molecule has 142 valence electrons. The van der Waals surface area contributed by atoms with Gasteiger partial charge in [0, 0.05) is 16.7 Å². The fourth-order valence-corrected chi connectivity index (χ4v) is 2.50. The largest absolute Gasteiger partial charge is 0.464 e. The molecule has 0 aliphatic heterocycles. The number of ether oxygens (including phenoxy) is 1. The summed E-state index contributed by atoms with van der Waals surface area (Å²) in [5, 5.41) is 6.61. The van der Waals surface area contributed by atoms with E-state index in [2.05, 4.69) is 40.1 Å². The number of esters is 1. The molecule has 0 spiro atoms. The van der Waals surface area contributed by atoms with E-state index >= 15 is 0 Å². The van der Waals surface area contributed by atoms with Gasteiger partial charge >= 0.3 is 5.97 Å². The third-order valence-corrected chi connectivity index (χ3v) is 3.90. The van der Waals surface area contributed by atoms with Crippen LogP contribution in [0.5, 0.6) is 0 Å². The summed E-state index contributed by atoms with van der Waals surface area (Å²) in [7, 11) is 1.15. The smallest absolute Gasteiger partial charge is 0.353 e. The van der Waals surface area contributed by atoms with E-state index < -0.39 is 17.8 Å². The molecule has 0 bridgehead atoms. The first-order valence-corrected chi connectivity index (χ1v) is 8.41. The van der Waals surface area contributed by atoms with Gasteiger partial charge in [0.15, 0.2) is 0 Å². The van der Waals surface area contributed by atoms with Gasteiger partial charge in [0.25, 0.3) is 11.8 Å². The third-order valence-electron chi connectivity index (χ3n) is 3.01. The van der Waals surface area contributed by atoms with Crippen LogP contribution >= 0.6 is 11.3 Å². The van der Waals surface area contributed by atoms with Crippen LogP contribution in [0, 0.1) is 0 Å². The molecule has 0 unspecified atom stereocenters. The number of carbonyl (C=O) groups is 3. The fraction of sp³-hybridized carbons (Fsp3) is 0.111. The zero-order valence-corrected chi connectivity index (χ0v) is 15.8. The van der Waals surface area contributed by atoms with Gasteiger partial charge in [-0.05, 0) is 13.0 Å². The predicted octanol–water partition coefficient (Wildman–Crippen LogP) is 1.62. The highest BCUT2D eigenvalue weighted by Gasteiger charge is 2.18. The summed E-state index contributed by atoms with van der Waals surface area (Å²) in [5.41, 5.74) is 6.20. The van der Waals surface area contributed by atoms with Crippen LogP contribution in [0.2, 0.25) is 0 Å². The minimum atomic E-state index is -0.807. The molecule has 2 amide bonds. The average Bonchev–Trinajstić information content (AvgIpc) is 3.11. The van der Waals surface area contributed by atoms with Crippen molar-refractivity contribution in [3.63, 3.8) is 0 Å². The Kier molecular flexibility index (Phi) is 7.89. The summed E-state index contributed by atoms with van der Waals surface area (Å²) < 4.78 is 4.41. The summed E-state index contributed by atoms with van der Waals surface area (Å²) in [6, 6.07) is 0. The molecule has 27 heavy (non-hydrogen) atoms. The van der Waals surface area contributed by atoms with Crippen LogP contribution in [0.1, 0.15) is 22.4 Å². The first-order valence-electron chi connectivity index (χ1n) is 7.53. The highest BCUT2D eigenvalue weighted by Crippen LogP contribution is 2.21. The van der Waals surface area contributed by atoms with Crippen LogP contribution in [-0.2, 0) is 14.3 Å². The molecular formula is C18H20N4O4S. The lowest BCUT2D eigenvalue weighted by molar-refractivity contribution is -0.137. The van der Waals surface area contributed by atoms with E-state index in [0.29, 0.717) is 10.7 Å². The molecule has 9 heteroatoms. The molecule has 1 rings (SSSR count). The second-order valence-corrected chi connectivity index (χ2v) is 5.91. The number of carbonyl (C=O) groups excluding carboxylic acids is 3. The van der Waals surface area contributed by atoms with Gasteiger partial charge < -0.3 is 21.1 Å². The number of aromatic nitrogens is 1. The molecule has 0 saturated heterocycles. The first kappa shape index (κ1) is 21.6. The molecule has 0 atom stereocenters. The Bertz CT molecular complexity index is 864. The van der Waals surface area contributed by atoms with Gasteiger partial charge in [0.2, 0.25) is 0 Å². The van der Waals surface area contributed by atoms with E-state index in [0.717, 1.165) is 12.7 Å². The summed E-state index contributed by atoms with van der Waals surface area (Å²) in [6.45, 7) is 12.2.